The van der Waals surface area contributed by atoms with E-state index < -0.39 is 11.9 Å². The van der Waals surface area contributed by atoms with Crippen molar-refractivity contribution in [2.45, 2.75) is 39.8 Å². The standard InChI is InChI=1S/C11H15BrN2O.C9H11BrN2O.2CH4/c1-14(2)10(11(13)15)7-8-3-5-9(12)6-4-8;10-7-3-1-6(2-4-7)5-8(11)9(12)13;;/h3-6,10H,7H2,1-2H3,(H2,13,15);1-4,8H,5,11H2,(H2,12,13);2*1H4/t10-;8-;;/m00../s1. The topological polar surface area (TPSA) is 115 Å². The van der Waals surface area contributed by atoms with E-state index in [1.165, 1.54) is 0 Å². The Hall–Kier alpha value is -1.74. The van der Waals surface area contributed by atoms with Crippen LogP contribution in [0, 0.1) is 0 Å². The number of likely N-dealkylation sites (N-methyl/N-ethyl adjacent to an activating group) is 1. The fourth-order valence-corrected chi connectivity index (χ4v) is 2.89. The molecule has 2 amide bonds. The zero-order valence-electron chi connectivity index (χ0n) is 15.9. The molecule has 0 saturated carbocycles. The fraction of sp³-hybridized carbons (Fsp3) is 0.364. The van der Waals surface area contributed by atoms with E-state index in [1.54, 1.807) is 0 Å². The summed E-state index contributed by atoms with van der Waals surface area (Å²) in [5, 5.41) is 0. The molecule has 0 saturated heterocycles. The number of carbonyl (C=O) groups is 2. The van der Waals surface area contributed by atoms with Crippen LogP contribution in [0.5, 0.6) is 0 Å². The van der Waals surface area contributed by atoms with Gasteiger partial charge in [0.25, 0.3) is 0 Å². The maximum Gasteiger partial charge on any atom is 0.235 e. The van der Waals surface area contributed by atoms with Crippen LogP contribution < -0.4 is 17.2 Å². The Morgan fingerprint density at radius 3 is 1.47 bits per heavy atom. The van der Waals surface area contributed by atoms with Crippen molar-refractivity contribution in [1.82, 2.24) is 4.90 Å². The first-order valence-corrected chi connectivity index (χ1v) is 10.2. The number of amides is 2. The van der Waals surface area contributed by atoms with Crippen LogP contribution in [0.25, 0.3) is 0 Å². The van der Waals surface area contributed by atoms with Crippen LogP contribution in [-0.2, 0) is 22.4 Å². The lowest BCUT2D eigenvalue weighted by molar-refractivity contribution is -0.122. The molecule has 168 valence electrons. The molecule has 6 nitrogen and oxygen atoms in total. The highest BCUT2D eigenvalue weighted by Gasteiger charge is 2.17. The predicted octanol–water partition coefficient (Wildman–Crippen LogP) is 3.48. The van der Waals surface area contributed by atoms with E-state index in [0.717, 1.165) is 20.1 Å². The molecule has 2 atom stereocenters. The van der Waals surface area contributed by atoms with Crippen LogP contribution in [0.2, 0.25) is 0 Å². The summed E-state index contributed by atoms with van der Waals surface area (Å²) >= 11 is 6.69. The van der Waals surface area contributed by atoms with Crippen molar-refractivity contribution in [3.8, 4) is 0 Å². The van der Waals surface area contributed by atoms with Gasteiger partial charge in [-0.2, -0.15) is 0 Å². The summed E-state index contributed by atoms with van der Waals surface area (Å²) < 4.78 is 2.04. The van der Waals surface area contributed by atoms with Crippen LogP contribution in [0.4, 0.5) is 0 Å². The number of hydrogen-bond donors (Lipinski definition) is 3. The monoisotopic (exact) mass is 544 g/mol. The summed E-state index contributed by atoms with van der Waals surface area (Å²) in [7, 11) is 3.71. The molecule has 0 spiro atoms. The molecule has 0 aromatic heterocycles. The van der Waals surface area contributed by atoms with Gasteiger partial charge in [0.1, 0.15) is 0 Å². The number of carbonyl (C=O) groups excluding carboxylic acids is 2. The maximum absolute atomic E-state index is 11.2. The highest BCUT2D eigenvalue weighted by atomic mass is 79.9. The molecule has 2 aromatic carbocycles. The molecule has 0 aliphatic heterocycles. The van der Waals surface area contributed by atoms with Gasteiger partial charge >= 0.3 is 0 Å². The summed E-state index contributed by atoms with van der Waals surface area (Å²) in [5.74, 6) is -0.758. The third kappa shape index (κ3) is 11.4. The van der Waals surface area contributed by atoms with Gasteiger partial charge < -0.3 is 17.2 Å². The van der Waals surface area contributed by atoms with Gasteiger partial charge in [0, 0.05) is 8.95 Å². The number of primary amides is 2. The number of nitrogens with two attached hydrogens (primary N) is 3. The molecule has 0 aliphatic rings. The third-order valence-corrected chi connectivity index (χ3v) is 5.09. The molecule has 0 heterocycles. The normalized spacial score (nSPS) is 11.8. The summed E-state index contributed by atoms with van der Waals surface area (Å²) in [6.45, 7) is 0. The molecule has 0 bridgehead atoms. The second-order valence-electron chi connectivity index (χ2n) is 6.55. The number of benzene rings is 2. The largest absolute Gasteiger partial charge is 0.368 e. The van der Waals surface area contributed by atoms with Gasteiger partial charge in [-0.05, 0) is 62.3 Å². The second kappa shape index (κ2) is 15.1. The van der Waals surface area contributed by atoms with Crippen molar-refractivity contribution in [2.75, 3.05) is 14.1 Å². The first-order chi connectivity index (χ1) is 13.1. The van der Waals surface area contributed by atoms with Crippen molar-refractivity contribution in [3.63, 3.8) is 0 Å². The third-order valence-electron chi connectivity index (χ3n) is 4.03. The Morgan fingerprint density at radius 2 is 1.17 bits per heavy atom. The molecule has 6 N–H and O–H groups in total. The Balaban J connectivity index is 0. The lowest BCUT2D eigenvalue weighted by Crippen LogP contribution is -2.41. The summed E-state index contributed by atoms with van der Waals surface area (Å²) in [4.78, 5) is 23.7. The van der Waals surface area contributed by atoms with E-state index in [0.29, 0.717) is 12.8 Å². The van der Waals surface area contributed by atoms with Gasteiger partial charge in [-0.25, -0.2) is 0 Å². The molecule has 0 unspecified atom stereocenters. The minimum Gasteiger partial charge on any atom is -0.368 e. The quantitative estimate of drug-likeness (QED) is 0.493. The van der Waals surface area contributed by atoms with E-state index in [4.69, 9.17) is 17.2 Å². The fourth-order valence-electron chi connectivity index (χ4n) is 2.36. The highest BCUT2D eigenvalue weighted by Crippen LogP contribution is 2.13. The van der Waals surface area contributed by atoms with E-state index in [9.17, 15) is 9.59 Å². The minimum absolute atomic E-state index is 0. The van der Waals surface area contributed by atoms with Crippen molar-refractivity contribution >= 4 is 43.7 Å². The van der Waals surface area contributed by atoms with E-state index in [-0.39, 0.29) is 26.8 Å². The SMILES string of the molecule is C.C.CN(C)[C@@H](Cc1ccc(Br)cc1)C(N)=O.NC(=O)[C@@H](N)Cc1ccc(Br)cc1. The Labute approximate surface area is 197 Å². The molecule has 0 radical (unpaired) electrons. The number of halogens is 2. The van der Waals surface area contributed by atoms with E-state index in [1.807, 2.05) is 67.5 Å². The van der Waals surface area contributed by atoms with Crippen molar-refractivity contribution in [3.05, 3.63) is 68.6 Å². The van der Waals surface area contributed by atoms with Gasteiger partial charge in [0.05, 0.1) is 12.1 Å². The molecule has 2 aromatic rings. The Bertz CT molecular complexity index is 766. The van der Waals surface area contributed by atoms with E-state index in [2.05, 4.69) is 31.9 Å². The number of hydrogen-bond acceptors (Lipinski definition) is 4. The highest BCUT2D eigenvalue weighted by molar-refractivity contribution is 9.10. The molecular formula is C22H34Br2N4O2. The van der Waals surface area contributed by atoms with Crippen LogP contribution >= 0.6 is 31.9 Å². The molecule has 0 fully saturated rings. The average molecular weight is 546 g/mol. The van der Waals surface area contributed by atoms with Crippen LogP contribution in [0.15, 0.2) is 57.5 Å². The van der Waals surface area contributed by atoms with Crippen LogP contribution in [0.3, 0.4) is 0 Å². The summed E-state index contributed by atoms with van der Waals surface area (Å²) in [5.41, 5.74) is 18.0. The smallest absolute Gasteiger partial charge is 0.235 e. The zero-order chi connectivity index (χ0) is 21.3. The lowest BCUT2D eigenvalue weighted by Gasteiger charge is -2.20. The molecule has 0 aliphatic carbocycles. The summed E-state index contributed by atoms with van der Waals surface area (Å²) in [6.07, 6.45) is 1.14. The van der Waals surface area contributed by atoms with Crippen molar-refractivity contribution in [2.24, 2.45) is 17.2 Å². The summed E-state index contributed by atoms with van der Waals surface area (Å²) in [6, 6.07) is 14.7. The van der Waals surface area contributed by atoms with E-state index >= 15 is 0 Å². The number of nitrogens with zero attached hydrogens (tertiary/aromatic N) is 1. The average Bonchev–Trinajstić information content (AvgIpc) is 2.63. The Morgan fingerprint density at radius 1 is 0.800 bits per heavy atom. The minimum atomic E-state index is -0.596. The molecule has 30 heavy (non-hydrogen) atoms. The molecular weight excluding hydrogens is 512 g/mol. The predicted molar refractivity (Wildman–Crippen MR) is 133 cm³/mol. The molecule has 8 heteroatoms. The van der Waals surface area contributed by atoms with Crippen LogP contribution in [0.1, 0.15) is 26.0 Å². The van der Waals surface area contributed by atoms with Gasteiger partial charge in [-0.3, -0.25) is 14.5 Å². The number of rotatable bonds is 7. The zero-order valence-corrected chi connectivity index (χ0v) is 19.1. The second-order valence-corrected chi connectivity index (χ2v) is 8.38. The van der Waals surface area contributed by atoms with Crippen LogP contribution in [-0.4, -0.2) is 42.9 Å². The first kappa shape index (κ1) is 30.5. The maximum atomic E-state index is 11.2. The van der Waals surface area contributed by atoms with Gasteiger partial charge in [-0.1, -0.05) is 71.0 Å². The molecule has 2 rings (SSSR count). The van der Waals surface area contributed by atoms with Crippen molar-refractivity contribution in [1.29, 1.82) is 0 Å². The van der Waals surface area contributed by atoms with Gasteiger partial charge in [0.2, 0.25) is 11.8 Å². The van der Waals surface area contributed by atoms with Crippen molar-refractivity contribution < 1.29 is 9.59 Å². The van der Waals surface area contributed by atoms with Gasteiger partial charge in [0.15, 0.2) is 0 Å². The van der Waals surface area contributed by atoms with Gasteiger partial charge in [-0.15, -0.1) is 0 Å². The lowest BCUT2D eigenvalue weighted by atomic mass is 10.1. The first-order valence-electron chi connectivity index (χ1n) is 8.59. The Kier molecular flexibility index (Phi) is 15.3.